The van der Waals surface area contributed by atoms with Crippen LogP contribution in [0.4, 0.5) is 5.82 Å². The third-order valence-corrected chi connectivity index (χ3v) is 2.19. The minimum atomic E-state index is -0.0856. The highest BCUT2D eigenvalue weighted by atomic mass is 16.1. The molecule has 0 aliphatic rings. The Labute approximate surface area is 96.3 Å². The van der Waals surface area contributed by atoms with E-state index in [0.29, 0.717) is 23.8 Å². The minimum absolute atomic E-state index is 0.0856. The van der Waals surface area contributed by atoms with Gasteiger partial charge in [0, 0.05) is 17.8 Å². The average Bonchev–Trinajstić information content (AvgIpc) is 2.24. The summed E-state index contributed by atoms with van der Waals surface area (Å²) in [6.07, 6.45) is 0.773. The van der Waals surface area contributed by atoms with E-state index in [4.69, 9.17) is 5.73 Å². The van der Waals surface area contributed by atoms with Crippen LogP contribution in [0.15, 0.2) is 12.1 Å². The Kier molecular flexibility index (Phi) is 4.28. The quantitative estimate of drug-likeness (QED) is 0.811. The molecule has 0 spiro atoms. The van der Waals surface area contributed by atoms with E-state index in [2.05, 4.69) is 24.1 Å². The lowest BCUT2D eigenvalue weighted by atomic mass is 10.1. The van der Waals surface area contributed by atoms with Gasteiger partial charge in [0.05, 0.1) is 0 Å². The van der Waals surface area contributed by atoms with Gasteiger partial charge in [-0.1, -0.05) is 20.8 Å². The molecule has 1 aromatic heterocycles. The van der Waals surface area contributed by atoms with Gasteiger partial charge < -0.3 is 11.1 Å². The Morgan fingerprint density at radius 3 is 2.75 bits per heavy atom. The molecule has 1 aromatic rings. The number of nitrogen functional groups attached to an aromatic ring is 1. The van der Waals surface area contributed by atoms with Crippen LogP contribution in [0.5, 0.6) is 0 Å². The van der Waals surface area contributed by atoms with Crippen LogP contribution >= 0.6 is 0 Å². The second-order valence-corrected chi connectivity index (χ2v) is 4.23. The average molecular weight is 221 g/mol. The maximum atomic E-state index is 11.8. The minimum Gasteiger partial charge on any atom is -0.384 e. The van der Waals surface area contributed by atoms with Crippen molar-refractivity contribution in [2.45, 2.75) is 27.2 Å². The van der Waals surface area contributed by atoms with Gasteiger partial charge in [0.15, 0.2) is 0 Å². The van der Waals surface area contributed by atoms with Crippen molar-refractivity contribution in [2.24, 2.45) is 5.92 Å². The molecule has 0 unspecified atom stereocenters. The van der Waals surface area contributed by atoms with E-state index in [1.165, 1.54) is 0 Å². The number of hydrogen-bond acceptors (Lipinski definition) is 3. The van der Waals surface area contributed by atoms with Gasteiger partial charge in [-0.15, -0.1) is 0 Å². The maximum absolute atomic E-state index is 11.8. The number of pyridine rings is 1. The molecule has 0 aliphatic carbocycles. The lowest BCUT2D eigenvalue weighted by Gasteiger charge is -2.08. The van der Waals surface area contributed by atoms with Crippen LogP contribution in [0.2, 0.25) is 0 Å². The molecular formula is C12H19N3O. The Balaban J connectivity index is 2.78. The molecule has 0 bridgehead atoms. The fourth-order valence-corrected chi connectivity index (χ4v) is 1.32. The molecule has 0 atom stereocenters. The molecule has 4 heteroatoms. The van der Waals surface area contributed by atoms with Crippen LogP contribution in [0.1, 0.15) is 36.8 Å². The van der Waals surface area contributed by atoms with Gasteiger partial charge in [0.2, 0.25) is 0 Å². The highest BCUT2D eigenvalue weighted by molar-refractivity contribution is 5.94. The van der Waals surface area contributed by atoms with Gasteiger partial charge in [0.25, 0.3) is 5.91 Å². The molecule has 0 fully saturated rings. The molecule has 88 valence electrons. The van der Waals surface area contributed by atoms with Gasteiger partial charge >= 0.3 is 0 Å². The third kappa shape index (κ3) is 3.53. The van der Waals surface area contributed by atoms with Gasteiger partial charge in [-0.3, -0.25) is 4.79 Å². The normalized spacial score (nSPS) is 10.5. The Hall–Kier alpha value is -1.58. The zero-order valence-corrected chi connectivity index (χ0v) is 10.1. The number of nitrogens with two attached hydrogens (primary N) is 1. The Morgan fingerprint density at radius 2 is 2.19 bits per heavy atom. The number of anilines is 1. The zero-order valence-electron chi connectivity index (χ0n) is 10.1. The molecule has 16 heavy (non-hydrogen) atoms. The molecule has 1 rings (SSSR count). The summed E-state index contributed by atoms with van der Waals surface area (Å²) in [5, 5.41) is 2.85. The first kappa shape index (κ1) is 12.5. The van der Waals surface area contributed by atoms with Crippen molar-refractivity contribution in [3.05, 3.63) is 23.4 Å². The number of amides is 1. The fraction of sp³-hybridized carbons (Fsp3) is 0.500. The largest absolute Gasteiger partial charge is 0.384 e. The summed E-state index contributed by atoms with van der Waals surface area (Å²) in [4.78, 5) is 15.9. The molecule has 0 saturated carbocycles. The molecular weight excluding hydrogens is 202 g/mol. The summed E-state index contributed by atoms with van der Waals surface area (Å²) in [6, 6.07) is 3.39. The topological polar surface area (TPSA) is 68.0 Å². The number of nitrogens with one attached hydrogen (secondary N) is 1. The number of aromatic nitrogens is 1. The summed E-state index contributed by atoms with van der Waals surface area (Å²) in [7, 11) is 0. The van der Waals surface area contributed by atoms with E-state index in [1.807, 2.05) is 6.92 Å². The van der Waals surface area contributed by atoms with Crippen molar-refractivity contribution in [1.82, 2.24) is 10.3 Å². The summed E-state index contributed by atoms with van der Waals surface area (Å²) in [5.74, 6) is 0.750. The molecule has 0 aliphatic heterocycles. The predicted molar refractivity (Wildman–Crippen MR) is 65.2 cm³/mol. The lowest BCUT2D eigenvalue weighted by molar-refractivity contribution is 0.0949. The summed E-state index contributed by atoms with van der Waals surface area (Å²) >= 11 is 0. The number of nitrogens with zero attached hydrogens (tertiary/aromatic N) is 1. The first-order chi connectivity index (χ1) is 7.52. The van der Waals surface area contributed by atoms with E-state index in [-0.39, 0.29) is 5.91 Å². The zero-order chi connectivity index (χ0) is 12.1. The molecule has 4 nitrogen and oxygen atoms in total. The fourth-order valence-electron chi connectivity index (χ4n) is 1.32. The summed E-state index contributed by atoms with van der Waals surface area (Å²) in [5.41, 5.74) is 7.07. The lowest BCUT2D eigenvalue weighted by Crippen LogP contribution is -2.27. The third-order valence-electron chi connectivity index (χ3n) is 2.19. The van der Waals surface area contributed by atoms with Crippen LogP contribution in [-0.4, -0.2) is 17.4 Å². The van der Waals surface area contributed by atoms with Crippen LogP contribution in [0.25, 0.3) is 0 Å². The van der Waals surface area contributed by atoms with Crippen LogP contribution in [-0.2, 0) is 6.42 Å². The van der Waals surface area contributed by atoms with E-state index >= 15 is 0 Å². The summed E-state index contributed by atoms with van der Waals surface area (Å²) in [6.45, 7) is 6.76. The van der Waals surface area contributed by atoms with Crippen molar-refractivity contribution in [3.63, 3.8) is 0 Å². The second kappa shape index (κ2) is 5.49. The first-order valence-electron chi connectivity index (χ1n) is 5.57. The number of rotatable bonds is 4. The van der Waals surface area contributed by atoms with E-state index in [0.717, 1.165) is 12.1 Å². The van der Waals surface area contributed by atoms with E-state index < -0.39 is 0 Å². The SMILES string of the molecule is CCc1cc(C(=O)NCC(C)C)cc(N)n1. The van der Waals surface area contributed by atoms with Crippen LogP contribution in [0, 0.1) is 5.92 Å². The standard InChI is InChI=1S/C12H19N3O/c1-4-10-5-9(6-11(13)15-10)12(16)14-7-8(2)3/h5-6,8H,4,7H2,1-3H3,(H2,13,15)(H,14,16). The van der Waals surface area contributed by atoms with Crippen molar-refractivity contribution < 1.29 is 4.79 Å². The molecule has 3 N–H and O–H groups in total. The van der Waals surface area contributed by atoms with Gasteiger partial charge in [-0.05, 0) is 24.5 Å². The molecule has 0 radical (unpaired) electrons. The number of carbonyl (C=O) groups excluding carboxylic acids is 1. The highest BCUT2D eigenvalue weighted by Crippen LogP contribution is 2.08. The van der Waals surface area contributed by atoms with Crippen LogP contribution in [0.3, 0.4) is 0 Å². The van der Waals surface area contributed by atoms with Crippen LogP contribution < -0.4 is 11.1 Å². The number of carbonyl (C=O) groups is 1. The van der Waals surface area contributed by atoms with Crippen molar-refractivity contribution in [2.75, 3.05) is 12.3 Å². The maximum Gasteiger partial charge on any atom is 0.251 e. The van der Waals surface area contributed by atoms with Crippen molar-refractivity contribution >= 4 is 11.7 Å². The van der Waals surface area contributed by atoms with Gasteiger partial charge in [0.1, 0.15) is 5.82 Å². The molecule has 0 aromatic carbocycles. The smallest absolute Gasteiger partial charge is 0.251 e. The number of aryl methyl sites for hydroxylation is 1. The summed E-state index contributed by atoms with van der Waals surface area (Å²) < 4.78 is 0. The number of hydrogen-bond donors (Lipinski definition) is 2. The predicted octanol–water partition coefficient (Wildman–Crippen LogP) is 1.61. The Bertz CT molecular complexity index is 375. The Morgan fingerprint density at radius 1 is 1.50 bits per heavy atom. The van der Waals surface area contributed by atoms with Gasteiger partial charge in [-0.25, -0.2) is 4.98 Å². The molecule has 1 heterocycles. The molecule has 0 saturated heterocycles. The van der Waals surface area contributed by atoms with Gasteiger partial charge in [-0.2, -0.15) is 0 Å². The monoisotopic (exact) mass is 221 g/mol. The van der Waals surface area contributed by atoms with E-state index in [1.54, 1.807) is 12.1 Å². The second-order valence-electron chi connectivity index (χ2n) is 4.23. The van der Waals surface area contributed by atoms with Crippen molar-refractivity contribution in [1.29, 1.82) is 0 Å². The van der Waals surface area contributed by atoms with E-state index in [9.17, 15) is 4.79 Å². The first-order valence-corrected chi connectivity index (χ1v) is 5.57. The van der Waals surface area contributed by atoms with Crippen molar-refractivity contribution in [3.8, 4) is 0 Å². The highest BCUT2D eigenvalue weighted by Gasteiger charge is 2.08. The molecule has 1 amide bonds.